The summed E-state index contributed by atoms with van der Waals surface area (Å²) < 4.78 is 39.8. The smallest absolute Gasteiger partial charge is 0.126 e. The molecule has 100 valence electrons. The Morgan fingerprint density at radius 3 is 1.79 bits per heavy atom. The van der Waals surface area contributed by atoms with Crippen LogP contribution in [0.4, 0.5) is 13.2 Å². The molecule has 0 aliphatic heterocycles. The van der Waals surface area contributed by atoms with Crippen molar-refractivity contribution in [2.24, 2.45) is 5.84 Å². The van der Waals surface area contributed by atoms with Gasteiger partial charge < -0.3 is 0 Å². The summed E-state index contributed by atoms with van der Waals surface area (Å²) in [7, 11) is 0. The number of rotatable bonds is 3. The van der Waals surface area contributed by atoms with E-state index >= 15 is 0 Å². The number of hydrogen-bond donors (Lipinski definition) is 2. The summed E-state index contributed by atoms with van der Waals surface area (Å²) in [5.41, 5.74) is 3.95. The van der Waals surface area contributed by atoms with E-state index in [0.29, 0.717) is 16.7 Å². The third-order valence-corrected chi connectivity index (χ3v) is 2.78. The molecule has 0 aliphatic carbocycles. The molecule has 0 saturated carbocycles. The van der Waals surface area contributed by atoms with E-state index in [9.17, 15) is 13.2 Å². The Bertz CT molecular complexity index is 507. The van der Waals surface area contributed by atoms with Gasteiger partial charge in [-0.3, -0.25) is 5.84 Å². The molecule has 0 fully saturated rings. The van der Waals surface area contributed by atoms with Crippen LogP contribution in [-0.4, -0.2) is 0 Å². The summed E-state index contributed by atoms with van der Waals surface area (Å²) in [5.74, 6) is 3.59. The molecule has 0 radical (unpaired) electrons. The van der Waals surface area contributed by atoms with Crippen LogP contribution in [0.15, 0.2) is 36.4 Å². The normalized spacial score (nSPS) is 12.5. The highest BCUT2D eigenvalue weighted by Gasteiger charge is 2.15. The molecule has 2 rings (SSSR count). The minimum Gasteiger partial charge on any atom is -0.271 e. The van der Waals surface area contributed by atoms with Crippen LogP contribution in [0.1, 0.15) is 22.7 Å². The van der Waals surface area contributed by atoms with Gasteiger partial charge in [-0.1, -0.05) is 6.07 Å². The van der Waals surface area contributed by atoms with E-state index in [1.54, 1.807) is 13.0 Å². The number of hydrogen-bond acceptors (Lipinski definition) is 2. The average molecular weight is 266 g/mol. The maximum Gasteiger partial charge on any atom is 0.126 e. The fourth-order valence-electron chi connectivity index (χ4n) is 2.06. The second-order valence-electron chi connectivity index (χ2n) is 4.36. The number of nitrogens with two attached hydrogens (primary N) is 1. The standard InChI is InChI=1S/C14H13F3N2/c1-8-2-9(4-11(15)3-8)14(19-18)10-5-12(16)7-13(17)6-10/h2-7,14,19H,18H2,1H3. The minimum absolute atomic E-state index is 0.296. The topological polar surface area (TPSA) is 38.0 Å². The monoisotopic (exact) mass is 266 g/mol. The van der Waals surface area contributed by atoms with E-state index in [0.717, 1.165) is 18.2 Å². The van der Waals surface area contributed by atoms with Crippen LogP contribution < -0.4 is 11.3 Å². The summed E-state index contributed by atoms with van der Waals surface area (Å²) in [6.45, 7) is 1.73. The molecule has 0 bridgehead atoms. The largest absolute Gasteiger partial charge is 0.271 e. The number of benzene rings is 2. The molecule has 2 aromatic rings. The summed E-state index contributed by atoms with van der Waals surface area (Å²) in [5, 5.41) is 0. The van der Waals surface area contributed by atoms with Crippen molar-refractivity contribution in [3.05, 3.63) is 70.5 Å². The third-order valence-electron chi connectivity index (χ3n) is 2.78. The van der Waals surface area contributed by atoms with Gasteiger partial charge in [0.2, 0.25) is 0 Å². The van der Waals surface area contributed by atoms with Crippen LogP contribution in [-0.2, 0) is 0 Å². The van der Waals surface area contributed by atoms with Crippen molar-refractivity contribution in [2.45, 2.75) is 13.0 Å². The predicted octanol–water partition coefficient (Wildman–Crippen LogP) is 2.97. The lowest BCUT2D eigenvalue weighted by atomic mass is 9.97. The maximum absolute atomic E-state index is 13.4. The number of nitrogens with one attached hydrogen (secondary N) is 1. The fourth-order valence-corrected chi connectivity index (χ4v) is 2.06. The Hall–Kier alpha value is -1.85. The zero-order valence-electron chi connectivity index (χ0n) is 10.3. The molecule has 19 heavy (non-hydrogen) atoms. The molecule has 3 N–H and O–H groups in total. The van der Waals surface area contributed by atoms with E-state index in [-0.39, 0.29) is 0 Å². The molecule has 2 aromatic carbocycles. The number of hydrazine groups is 1. The predicted molar refractivity (Wildman–Crippen MR) is 66.7 cm³/mol. The van der Waals surface area contributed by atoms with E-state index in [4.69, 9.17) is 5.84 Å². The molecule has 0 aromatic heterocycles. The highest BCUT2D eigenvalue weighted by Crippen LogP contribution is 2.24. The van der Waals surface area contributed by atoms with Crippen molar-refractivity contribution < 1.29 is 13.2 Å². The van der Waals surface area contributed by atoms with Gasteiger partial charge in [-0.15, -0.1) is 0 Å². The second kappa shape index (κ2) is 5.42. The van der Waals surface area contributed by atoms with Gasteiger partial charge in [0.05, 0.1) is 6.04 Å². The molecule has 5 heteroatoms. The highest BCUT2D eigenvalue weighted by atomic mass is 19.1. The van der Waals surface area contributed by atoms with Crippen molar-refractivity contribution in [1.82, 2.24) is 5.43 Å². The summed E-state index contributed by atoms with van der Waals surface area (Å²) in [6, 6.07) is 6.76. The highest BCUT2D eigenvalue weighted by molar-refractivity contribution is 5.34. The SMILES string of the molecule is Cc1cc(F)cc(C(NN)c2cc(F)cc(F)c2)c1. The molecule has 0 amide bonds. The summed E-state index contributed by atoms with van der Waals surface area (Å²) >= 11 is 0. The lowest BCUT2D eigenvalue weighted by Gasteiger charge is -2.18. The number of aryl methyl sites for hydroxylation is 1. The van der Waals surface area contributed by atoms with Gasteiger partial charge in [0, 0.05) is 6.07 Å². The Balaban J connectivity index is 2.49. The molecule has 1 atom stereocenters. The van der Waals surface area contributed by atoms with Crippen LogP contribution in [0.5, 0.6) is 0 Å². The first kappa shape index (κ1) is 13.6. The first-order chi connectivity index (χ1) is 8.99. The van der Waals surface area contributed by atoms with E-state index < -0.39 is 23.5 Å². The van der Waals surface area contributed by atoms with E-state index in [1.807, 2.05) is 0 Å². The Morgan fingerprint density at radius 2 is 1.32 bits per heavy atom. The van der Waals surface area contributed by atoms with Crippen LogP contribution >= 0.6 is 0 Å². The van der Waals surface area contributed by atoms with Crippen molar-refractivity contribution >= 4 is 0 Å². The molecule has 0 heterocycles. The van der Waals surface area contributed by atoms with Gasteiger partial charge >= 0.3 is 0 Å². The molecule has 2 nitrogen and oxygen atoms in total. The van der Waals surface area contributed by atoms with Crippen molar-refractivity contribution in [2.75, 3.05) is 0 Å². The zero-order valence-corrected chi connectivity index (χ0v) is 10.3. The minimum atomic E-state index is -0.705. The van der Waals surface area contributed by atoms with Crippen LogP contribution in [0.25, 0.3) is 0 Å². The van der Waals surface area contributed by atoms with Gasteiger partial charge in [-0.05, 0) is 47.9 Å². The lowest BCUT2D eigenvalue weighted by molar-refractivity contribution is 0.564. The van der Waals surface area contributed by atoms with E-state index in [1.165, 1.54) is 12.1 Å². The summed E-state index contributed by atoms with van der Waals surface area (Å²) in [6.07, 6.45) is 0. The molecule has 1 unspecified atom stereocenters. The molecular formula is C14H13F3N2. The van der Waals surface area contributed by atoms with Crippen LogP contribution in [0.3, 0.4) is 0 Å². The molecular weight excluding hydrogens is 253 g/mol. The van der Waals surface area contributed by atoms with Crippen LogP contribution in [0.2, 0.25) is 0 Å². The third kappa shape index (κ3) is 3.13. The van der Waals surface area contributed by atoms with Crippen molar-refractivity contribution in [3.8, 4) is 0 Å². The molecule has 0 spiro atoms. The number of halogens is 3. The molecule has 0 saturated heterocycles. The Kier molecular flexibility index (Phi) is 3.87. The van der Waals surface area contributed by atoms with Gasteiger partial charge in [0.1, 0.15) is 17.5 Å². The average Bonchev–Trinajstić information content (AvgIpc) is 2.27. The van der Waals surface area contributed by atoms with Crippen molar-refractivity contribution in [1.29, 1.82) is 0 Å². The Labute approximate surface area is 109 Å². The van der Waals surface area contributed by atoms with Gasteiger partial charge in [0.25, 0.3) is 0 Å². The second-order valence-corrected chi connectivity index (χ2v) is 4.36. The lowest BCUT2D eigenvalue weighted by Crippen LogP contribution is -2.29. The Morgan fingerprint density at radius 1 is 0.842 bits per heavy atom. The summed E-state index contributed by atoms with van der Waals surface area (Å²) in [4.78, 5) is 0. The quantitative estimate of drug-likeness (QED) is 0.662. The van der Waals surface area contributed by atoms with Crippen molar-refractivity contribution in [3.63, 3.8) is 0 Å². The first-order valence-corrected chi connectivity index (χ1v) is 5.69. The van der Waals surface area contributed by atoms with Gasteiger partial charge in [0.15, 0.2) is 0 Å². The fraction of sp³-hybridized carbons (Fsp3) is 0.143. The first-order valence-electron chi connectivity index (χ1n) is 5.69. The van der Waals surface area contributed by atoms with E-state index in [2.05, 4.69) is 5.43 Å². The van der Waals surface area contributed by atoms with Gasteiger partial charge in [-0.25, -0.2) is 18.6 Å². The van der Waals surface area contributed by atoms with Crippen LogP contribution in [0, 0.1) is 24.4 Å². The van der Waals surface area contributed by atoms with Gasteiger partial charge in [-0.2, -0.15) is 0 Å². The maximum atomic E-state index is 13.4. The molecule has 0 aliphatic rings. The zero-order chi connectivity index (χ0) is 14.0.